The maximum atomic E-state index is 12.6. The van der Waals surface area contributed by atoms with E-state index in [0.717, 1.165) is 49.6 Å². The molecule has 1 atom stereocenters. The van der Waals surface area contributed by atoms with Crippen LogP contribution in [0.2, 0.25) is 0 Å². The third-order valence-corrected chi connectivity index (χ3v) is 5.69. The molecule has 0 spiro atoms. The quantitative estimate of drug-likeness (QED) is 0.911. The normalized spacial score (nSPS) is 20.3. The van der Waals surface area contributed by atoms with Gasteiger partial charge >= 0.3 is 0 Å². The first-order chi connectivity index (χ1) is 12.5. The molecule has 0 unspecified atom stereocenters. The van der Waals surface area contributed by atoms with E-state index in [1.54, 1.807) is 4.68 Å². The van der Waals surface area contributed by atoms with Crippen molar-refractivity contribution in [2.45, 2.75) is 51.5 Å². The van der Waals surface area contributed by atoms with E-state index in [4.69, 9.17) is 4.98 Å². The molecular formula is C19H28N6O. The summed E-state index contributed by atoms with van der Waals surface area (Å²) in [7, 11) is 3.99. The number of amides is 1. The van der Waals surface area contributed by atoms with Crippen LogP contribution in [-0.4, -0.2) is 43.2 Å². The van der Waals surface area contributed by atoms with Crippen molar-refractivity contribution in [3.63, 3.8) is 0 Å². The lowest BCUT2D eigenvalue weighted by Gasteiger charge is -2.23. The van der Waals surface area contributed by atoms with Gasteiger partial charge in [-0.15, -0.1) is 0 Å². The summed E-state index contributed by atoms with van der Waals surface area (Å²) in [5.41, 5.74) is 3.57. The largest absolute Gasteiger partial charge is 0.334 e. The molecule has 2 aliphatic rings. The lowest BCUT2D eigenvalue weighted by atomic mass is 10.0. The van der Waals surface area contributed by atoms with E-state index in [1.807, 2.05) is 20.0 Å². The molecule has 1 fully saturated rings. The molecule has 1 N–H and O–H groups in total. The summed E-state index contributed by atoms with van der Waals surface area (Å²) in [5.74, 6) is 1.90. The van der Waals surface area contributed by atoms with E-state index < -0.39 is 0 Å². The van der Waals surface area contributed by atoms with E-state index in [2.05, 4.69) is 26.9 Å². The van der Waals surface area contributed by atoms with Crippen LogP contribution in [0.4, 0.5) is 5.82 Å². The standard InChI is InChI=1S/C19H28N6O/c1-13-11-17(24(3)22-13)21-18(26)12-25-10-6-9-16(25)19-20-14-7-4-5-8-15(14)23(19)2/h11,16H,4-10,12H2,1-3H3,(H,21,26)/t16-/m1/s1. The Hall–Kier alpha value is -2.15. The fraction of sp³-hybridized carbons (Fsp3) is 0.632. The van der Waals surface area contributed by atoms with Gasteiger partial charge in [0.1, 0.15) is 11.6 Å². The molecule has 7 heteroatoms. The SMILES string of the molecule is Cc1cc(NC(=O)CN2CCC[C@@H]2c2nc3c(n2C)CCCC3)n(C)n1. The summed E-state index contributed by atoms with van der Waals surface area (Å²) >= 11 is 0. The van der Waals surface area contributed by atoms with Crippen molar-refractivity contribution in [2.24, 2.45) is 14.1 Å². The Bertz CT molecular complexity index is 820. The van der Waals surface area contributed by atoms with Gasteiger partial charge in [-0.2, -0.15) is 5.10 Å². The third-order valence-electron chi connectivity index (χ3n) is 5.69. The molecule has 1 aliphatic carbocycles. The number of nitrogens with zero attached hydrogens (tertiary/aromatic N) is 5. The fourth-order valence-electron chi connectivity index (χ4n) is 4.41. The zero-order valence-electron chi connectivity index (χ0n) is 16.0. The number of carbonyl (C=O) groups is 1. The highest BCUT2D eigenvalue weighted by atomic mass is 16.2. The number of carbonyl (C=O) groups excluding carboxylic acids is 1. The van der Waals surface area contributed by atoms with Crippen LogP contribution in [0.1, 0.15) is 54.6 Å². The maximum Gasteiger partial charge on any atom is 0.239 e. The average Bonchev–Trinajstić information content (AvgIpc) is 3.27. The van der Waals surface area contributed by atoms with Gasteiger partial charge in [0, 0.05) is 25.9 Å². The molecule has 0 saturated carbocycles. The van der Waals surface area contributed by atoms with Crippen LogP contribution >= 0.6 is 0 Å². The molecule has 4 rings (SSSR count). The second kappa shape index (κ2) is 6.87. The zero-order valence-corrected chi connectivity index (χ0v) is 16.0. The van der Waals surface area contributed by atoms with Crippen molar-refractivity contribution < 1.29 is 4.79 Å². The van der Waals surface area contributed by atoms with Crippen LogP contribution in [0.15, 0.2) is 6.07 Å². The highest BCUT2D eigenvalue weighted by Gasteiger charge is 2.32. The zero-order chi connectivity index (χ0) is 18.3. The minimum absolute atomic E-state index is 0.0128. The lowest BCUT2D eigenvalue weighted by molar-refractivity contribution is -0.117. The molecule has 0 radical (unpaired) electrons. The number of imidazole rings is 1. The first-order valence-corrected chi connectivity index (χ1v) is 9.62. The smallest absolute Gasteiger partial charge is 0.239 e. The van der Waals surface area contributed by atoms with Crippen LogP contribution in [0.3, 0.4) is 0 Å². The number of nitrogens with one attached hydrogen (secondary N) is 1. The Kier molecular flexibility index (Phi) is 4.56. The van der Waals surface area contributed by atoms with E-state index in [0.29, 0.717) is 6.54 Å². The summed E-state index contributed by atoms with van der Waals surface area (Å²) in [6, 6.07) is 2.14. The number of anilines is 1. The third kappa shape index (κ3) is 3.16. The molecule has 2 aromatic rings. The van der Waals surface area contributed by atoms with Crippen LogP contribution in [0.5, 0.6) is 0 Å². The van der Waals surface area contributed by atoms with Crippen LogP contribution in [0, 0.1) is 6.92 Å². The van der Waals surface area contributed by atoms with E-state index >= 15 is 0 Å². The number of aryl methyl sites for hydroxylation is 3. The van der Waals surface area contributed by atoms with Crippen molar-refractivity contribution in [3.05, 3.63) is 29.0 Å². The molecule has 3 heterocycles. The Balaban J connectivity index is 1.48. The maximum absolute atomic E-state index is 12.6. The van der Waals surface area contributed by atoms with Gasteiger partial charge in [0.15, 0.2) is 0 Å². The fourth-order valence-corrected chi connectivity index (χ4v) is 4.41. The topological polar surface area (TPSA) is 68.0 Å². The molecule has 0 aromatic carbocycles. The van der Waals surface area contributed by atoms with E-state index in [1.165, 1.54) is 24.2 Å². The summed E-state index contributed by atoms with van der Waals surface area (Å²) in [6.07, 6.45) is 6.90. The minimum atomic E-state index is 0.0128. The Labute approximate surface area is 154 Å². The van der Waals surface area contributed by atoms with Crippen molar-refractivity contribution >= 4 is 11.7 Å². The molecule has 2 aromatic heterocycles. The summed E-state index contributed by atoms with van der Waals surface area (Å²) < 4.78 is 4.00. The van der Waals surface area contributed by atoms with Gasteiger partial charge in [0.25, 0.3) is 0 Å². The van der Waals surface area contributed by atoms with Gasteiger partial charge < -0.3 is 9.88 Å². The van der Waals surface area contributed by atoms with Crippen molar-refractivity contribution in [1.29, 1.82) is 0 Å². The number of rotatable bonds is 4. The van der Waals surface area contributed by atoms with Gasteiger partial charge in [-0.25, -0.2) is 4.98 Å². The molecule has 0 bridgehead atoms. The first kappa shape index (κ1) is 17.3. The van der Waals surface area contributed by atoms with Crippen molar-refractivity contribution in [3.8, 4) is 0 Å². The van der Waals surface area contributed by atoms with Gasteiger partial charge in [0.2, 0.25) is 5.91 Å². The molecular weight excluding hydrogens is 328 g/mol. The molecule has 1 saturated heterocycles. The number of hydrogen-bond donors (Lipinski definition) is 1. The second-order valence-corrected chi connectivity index (χ2v) is 7.60. The number of aromatic nitrogens is 4. The number of likely N-dealkylation sites (tertiary alicyclic amines) is 1. The Morgan fingerprint density at radius 3 is 2.81 bits per heavy atom. The van der Waals surface area contributed by atoms with Crippen molar-refractivity contribution in [2.75, 3.05) is 18.4 Å². The predicted octanol–water partition coefficient (Wildman–Crippen LogP) is 2.12. The van der Waals surface area contributed by atoms with E-state index in [9.17, 15) is 4.79 Å². The van der Waals surface area contributed by atoms with Crippen molar-refractivity contribution in [1.82, 2.24) is 24.2 Å². The molecule has 140 valence electrons. The highest BCUT2D eigenvalue weighted by molar-refractivity contribution is 5.91. The van der Waals surface area contributed by atoms with Crippen LogP contribution < -0.4 is 5.32 Å². The van der Waals surface area contributed by atoms with Gasteiger partial charge in [-0.05, 0) is 52.0 Å². The predicted molar refractivity (Wildman–Crippen MR) is 100.0 cm³/mol. The minimum Gasteiger partial charge on any atom is -0.334 e. The van der Waals surface area contributed by atoms with Gasteiger partial charge in [-0.3, -0.25) is 14.4 Å². The first-order valence-electron chi connectivity index (χ1n) is 9.62. The van der Waals surface area contributed by atoms with Gasteiger partial charge in [-0.1, -0.05) is 0 Å². The Morgan fingerprint density at radius 2 is 2.08 bits per heavy atom. The average molecular weight is 356 g/mol. The number of fused-ring (bicyclic) bond motifs is 1. The van der Waals surface area contributed by atoms with Crippen LogP contribution in [0.25, 0.3) is 0 Å². The summed E-state index contributed by atoms with van der Waals surface area (Å²) in [4.78, 5) is 19.8. The second-order valence-electron chi connectivity index (χ2n) is 7.60. The monoisotopic (exact) mass is 356 g/mol. The highest BCUT2D eigenvalue weighted by Crippen LogP contribution is 2.33. The Morgan fingerprint density at radius 1 is 1.27 bits per heavy atom. The molecule has 7 nitrogen and oxygen atoms in total. The molecule has 1 amide bonds. The van der Waals surface area contributed by atoms with E-state index in [-0.39, 0.29) is 11.9 Å². The summed E-state index contributed by atoms with van der Waals surface area (Å²) in [5, 5.41) is 7.27. The van der Waals surface area contributed by atoms with Gasteiger partial charge in [0.05, 0.1) is 24.0 Å². The molecule has 26 heavy (non-hydrogen) atoms. The lowest BCUT2D eigenvalue weighted by Crippen LogP contribution is -2.34. The summed E-state index contributed by atoms with van der Waals surface area (Å²) in [6.45, 7) is 3.27. The molecule has 1 aliphatic heterocycles. The number of hydrogen-bond acceptors (Lipinski definition) is 4. The van der Waals surface area contributed by atoms with Crippen LogP contribution in [-0.2, 0) is 31.7 Å².